The van der Waals surface area contributed by atoms with Gasteiger partial charge in [-0.3, -0.25) is 4.79 Å². The molecular weight excluding hydrogens is 277 g/mol. The molecule has 1 amide bonds. The molecule has 0 aromatic carbocycles. The molecule has 1 aromatic rings. The zero-order chi connectivity index (χ0) is 15.0. The fourth-order valence-corrected chi connectivity index (χ4v) is 1.14. The van der Waals surface area contributed by atoms with E-state index in [9.17, 15) is 18.0 Å². The van der Waals surface area contributed by atoms with Crippen LogP contribution in [0.2, 0.25) is 0 Å². The van der Waals surface area contributed by atoms with Crippen molar-refractivity contribution in [1.29, 1.82) is 0 Å². The number of anilines is 1. The summed E-state index contributed by atoms with van der Waals surface area (Å²) in [4.78, 5) is 15.2. The van der Waals surface area contributed by atoms with Crippen LogP contribution in [0.25, 0.3) is 0 Å². The largest absolute Gasteiger partial charge is 0.411 e. The summed E-state index contributed by atoms with van der Waals surface area (Å²) < 4.78 is 39.6. The minimum Gasteiger partial charge on any atom is -0.384 e. The normalized spacial score (nSPS) is 10.6. The molecule has 0 radical (unpaired) electrons. The Morgan fingerprint density at radius 1 is 1.45 bits per heavy atom. The van der Waals surface area contributed by atoms with E-state index in [0.29, 0.717) is 5.69 Å². The lowest BCUT2D eigenvalue weighted by Crippen LogP contribution is -2.24. The number of nitrogens with zero attached hydrogens (tertiary/aromatic N) is 1. The summed E-state index contributed by atoms with van der Waals surface area (Å²) in [6.07, 6.45) is -4.47. The molecule has 0 saturated heterocycles. The maximum Gasteiger partial charge on any atom is 0.411 e. The van der Waals surface area contributed by atoms with E-state index in [1.165, 1.54) is 6.07 Å². The molecule has 2 N–H and O–H groups in total. The second-order valence-corrected chi connectivity index (χ2v) is 3.52. The topological polar surface area (TPSA) is 71.5 Å². The lowest BCUT2D eigenvalue weighted by Gasteiger charge is -2.08. The maximum atomic E-state index is 11.8. The highest BCUT2D eigenvalue weighted by Crippen LogP contribution is 2.14. The Hall–Kier alpha value is -2.11. The standard InChI is InChI=1S/C12H11F3N2O3/c13-12(14,15)8-20-7-11(19)17-10-5-1-3-9(16-10)4-2-6-18/h1,3,5,18H,6-8H2,(H,16,17,19). The van der Waals surface area contributed by atoms with Crippen molar-refractivity contribution in [2.24, 2.45) is 0 Å². The number of aliphatic hydroxyl groups excluding tert-OH is 1. The Kier molecular flexibility index (Phi) is 5.96. The zero-order valence-electron chi connectivity index (χ0n) is 10.2. The molecule has 0 fully saturated rings. The molecule has 8 heteroatoms. The van der Waals surface area contributed by atoms with Gasteiger partial charge in [0.05, 0.1) is 0 Å². The molecule has 1 heterocycles. The number of pyridine rings is 1. The molecule has 0 spiro atoms. The Bertz CT molecular complexity index is 521. The summed E-state index contributed by atoms with van der Waals surface area (Å²) >= 11 is 0. The number of halogens is 3. The Labute approximate surface area is 112 Å². The first kappa shape index (κ1) is 15.9. The molecule has 1 rings (SSSR count). The number of ether oxygens (including phenoxy) is 1. The summed E-state index contributed by atoms with van der Waals surface area (Å²) in [5, 5.41) is 10.8. The number of hydrogen-bond donors (Lipinski definition) is 2. The average molecular weight is 288 g/mol. The Balaban J connectivity index is 2.49. The molecule has 5 nitrogen and oxygen atoms in total. The smallest absolute Gasteiger partial charge is 0.384 e. The van der Waals surface area contributed by atoms with Gasteiger partial charge >= 0.3 is 6.18 Å². The molecule has 0 aliphatic rings. The fraction of sp³-hybridized carbons (Fsp3) is 0.333. The molecular formula is C12H11F3N2O3. The van der Waals surface area contributed by atoms with Crippen LogP contribution < -0.4 is 5.32 Å². The molecule has 20 heavy (non-hydrogen) atoms. The van der Waals surface area contributed by atoms with Crippen LogP contribution in [0.15, 0.2) is 18.2 Å². The molecule has 108 valence electrons. The Morgan fingerprint density at radius 2 is 2.20 bits per heavy atom. The van der Waals surface area contributed by atoms with Crippen molar-refractivity contribution in [3.05, 3.63) is 23.9 Å². The average Bonchev–Trinajstić information content (AvgIpc) is 2.35. The SMILES string of the molecule is O=C(COCC(F)(F)F)Nc1cccc(C#CCO)n1. The third-order valence-electron chi connectivity index (χ3n) is 1.81. The number of aliphatic hydroxyl groups is 1. The quantitative estimate of drug-likeness (QED) is 0.809. The number of alkyl halides is 3. The lowest BCUT2D eigenvalue weighted by atomic mass is 10.3. The molecule has 0 bridgehead atoms. The third-order valence-corrected chi connectivity index (χ3v) is 1.81. The van der Waals surface area contributed by atoms with E-state index in [4.69, 9.17) is 5.11 Å². The van der Waals surface area contributed by atoms with Crippen molar-refractivity contribution in [2.75, 3.05) is 25.1 Å². The van der Waals surface area contributed by atoms with Crippen molar-refractivity contribution >= 4 is 11.7 Å². The number of aromatic nitrogens is 1. The molecule has 0 saturated carbocycles. The molecule has 0 aliphatic carbocycles. The maximum absolute atomic E-state index is 11.8. The summed E-state index contributed by atoms with van der Waals surface area (Å²) in [6.45, 7) is -2.55. The fourth-order valence-electron chi connectivity index (χ4n) is 1.14. The number of carbonyl (C=O) groups is 1. The monoisotopic (exact) mass is 288 g/mol. The summed E-state index contributed by atoms with van der Waals surface area (Å²) in [7, 11) is 0. The van der Waals surface area contributed by atoms with Gasteiger partial charge < -0.3 is 15.2 Å². The zero-order valence-corrected chi connectivity index (χ0v) is 10.2. The number of amides is 1. The summed E-state index contributed by atoms with van der Waals surface area (Å²) in [5.74, 6) is 4.28. The predicted molar refractivity (Wildman–Crippen MR) is 63.7 cm³/mol. The van der Waals surface area contributed by atoms with Gasteiger partial charge in [0.1, 0.15) is 31.3 Å². The van der Waals surface area contributed by atoms with E-state index in [-0.39, 0.29) is 12.4 Å². The Morgan fingerprint density at radius 3 is 2.85 bits per heavy atom. The van der Waals surface area contributed by atoms with E-state index < -0.39 is 25.3 Å². The van der Waals surface area contributed by atoms with E-state index >= 15 is 0 Å². The van der Waals surface area contributed by atoms with Crippen molar-refractivity contribution < 1.29 is 27.8 Å². The van der Waals surface area contributed by atoms with Crippen molar-refractivity contribution in [1.82, 2.24) is 4.98 Å². The van der Waals surface area contributed by atoms with Crippen molar-refractivity contribution in [3.63, 3.8) is 0 Å². The van der Waals surface area contributed by atoms with Gasteiger partial charge in [0.25, 0.3) is 5.91 Å². The minimum atomic E-state index is -4.47. The van der Waals surface area contributed by atoms with E-state index in [1.807, 2.05) is 0 Å². The lowest BCUT2D eigenvalue weighted by molar-refractivity contribution is -0.174. The second kappa shape index (κ2) is 7.47. The highest BCUT2D eigenvalue weighted by molar-refractivity contribution is 5.90. The van der Waals surface area contributed by atoms with Gasteiger partial charge in [0.2, 0.25) is 0 Å². The van der Waals surface area contributed by atoms with E-state index in [2.05, 4.69) is 26.9 Å². The molecule has 1 aromatic heterocycles. The van der Waals surface area contributed by atoms with Crippen LogP contribution in [0, 0.1) is 11.8 Å². The molecule has 0 unspecified atom stereocenters. The first-order valence-corrected chi connectivity index (χ1v) is 5.42. The second-order valence-electron chi connectivity index (χ2n) is 3.52. The number of hydrogen-bond acceptors (Lipinski definition) is 4. The number of carbonyl (C=O) groups excluding carboxylic acids is 1. The first-order valence-electron chi connectivity index (χ1n) is 5.42. The van der Waals surface area contributed by atoms with Crippen LogP contribution in [-0.4, -0.2) is 42.0 Å². The van der Waals surface area contributed by atoms with Crippen LogP contribution in [0.5, 0.6) is 0 Å². The van der Waals surface area contributed by atoms with Gasteiger partial charge in [0.15, 0.2) is 0 Å². The van der Waals surface area contributed by atoms with Crippen molar-refractivity contribution in [2.45, 2.75) is 6.18 Å². The van der Waals surface area contributed by atoms with Crippen LogP contribution in [-0.2, 0) is 9.53 Å². The molecule has 0 aliphatic heterocycles. The van der Waals surface area contributed by atoms with E-state index in [0.717, 1.165) is 0 Å². The van der Waals surface area contributed by atoms with Crippen LogP contribution in [0.3, 0.4) is 0 Å². The van der Waals surface area contributed by atoms with Crippen molar-refractivity contribution in [3.8, 4) is 11.8 Å². The van der Waals surface area contributed by atoms with Gasteiger partial charge in [0, 0.05) is 0 Å². The van der Waals surface area contributed by atoms with Gasteiger partial charge in [-0.1, -0.05) is 12.0 Å². The number of nitrogens with one attached hydrogen (secondary N) is 1. The minimum absolute atomic E-state index is 0.135. The molecule has 0 atom stereocenters. The van der Waals surface area contributed by atoms with Gasteiger partial charge in [-0.15, -0.1) is 0 Å². The van der Waals surface area contributed by atoms with Gasteiger partial charge in [-0.05, 0) is 18.1 Å². The van der Waals surface area contributed by atoms with Gasteiger partial charge in [-0.2, -0.15) is 13.2 Å². The first-order chi connectivity index (χ1) is 9.40. The summed E-state index contributed by atoms with van der Waals surface area (Å²) in [6, 6.07) is 4.56. The summed E-state index contributed by atoms with van der Waals surface area (Å²) in [5.41, 5.74) is 0.313. The highest BCUT2D eigenvalue weighted by Gasteiger charge is 2.27. The highest BCUT2D eigenvalue weighted by atomic mass is 19.4. The number of rotatable bonds is 4. The van der Waals surface area contributed by atoms with Gasteiger partial charge in [-0.25, -0.2) is 4.98 Å². The third kappa shape index (κ3) is 6.72. The van der Waals surface area contributed by atoms with Crippen LogP contribution in [0.4, 0.5) is 19.0 Å². The van der Waals surface area contributed by atoms with Crippen LogP contribution in [0.1, 0.15) is 5.69 Å². The van der Waals surface area contributed by atoms with E-state index in [1.54, 1.807) is 12.1 Å². The predicted octanol–water partition coefficient (Wildman–Crippen LogP) is 0.943. The van der Waals surface area contributed by atoms with Crippen LogP contribution >= 0.6 is 0 Å².